The number of benzene rings is 2. The van der Waals surface area contributed by atoms with Crippen molar-refractivity contribution in [2.24, 2.45) is 5.73 Å². The summed E-state index contributed by atoms with van der Waals surface area (Å²) in [5, 5.41) is 12.2. The van der Waals surface area contributed by atoms with E-state index in [0.717, 1.165) is 27.8 Å². The highest BCUT2D eigenvalue weighted by molar-refractivity contribution is 8.04. The van der Waals surface area contributed by atoms with Crippen LogP contribution in [0.1, 0.15) is 29.0 Å². The first-order valence-electron chi connectivity index (χ1n) is 11.0. The molecule has 2 aromatic rings. The number of ether oxygens (including phenoxy) is 1. The number of nitrogens with two attached hydrogens (primary N) is 1. The molecule has 0 spiro atoms. The number of amides is 2. The van der Waals surface area contributed by atoms with Gasteiger partial charge in [0.1, 0.15) is 16.9 Å². The zero-order chi connectivity index (χ0) is 26.1. The standard InChI is InChI=1S/C26H23FN4O4S/c1-13-4-9-17(10-14(13)2)30-24(33)22-21(15-5-7-16(27)8-6-15)18(12-28)23(29)31-25(34)19(36-26(22)31)11-20(32)35-3/h4-10,19,21H,11,29H2,1-3H3,(H,30,33)/t19-,21-/m1/s1. The molecule has 1 saturated heterocycles. The van der Waals surface area contributed by atoms with Crippen molar-refractivity contribution in [1.82, 2.24) is 4.90 Å². The second-order valence-electron chi connectivity index (χ2n) is 8.43. The Labute approximate surface area is 211 Å². The van der Waals surface area contributed by atoms with Crippen molar-refractivity contribution in [1.29, 1.82) is 5.26 Å². The molecular weight excluding hydrogens is 483 g/mol. The highest BCUT2D eigenvalue weighted by Crippen LogP contribution is 2.50. The summed E-state index contributed by atoms with van der Waals surface area (Å²) in [5.74, 6) is -3.24. The summed E-state index contributed by atoms with van der Waals surface area (Å²) < 4.78 is 18.4. The third-order valence-electron chi connectivity index (χ3n) is 6.19. The van der Waals surface area contributed by atoms with E-state index in [4.69, 9.17) is 10.5 Å². The summed E-state index contributed by atoms with van der Waals surface area (Å²) in [6.45, 7) is 3.86. The van der Waals surface area contributed by atoms with Crippen LogP contribution >= 0.6 is 11.8 Å². The molecule has 0 bridgehead atoms. The molecule has 3 N–H and O–H groups in total. The summed E-state index contributed by atoms with van der Waals surface area (Å²) in [6, 6.07) is 12.9. The number of methoxy groups -OCH3 is 1. The predicted molar refractivity (Wildman–Crippen MR) is 132 cm³/mol. The number of carbonyl (C=O) groups is 3. The van der Waals surface area contributed by atoms with Crippen LogP contribution in [0.5, 0.6) is 0 Å². The Kier molecular flexibility index (Phi) is 6.86. The topological polar surface area (TPSA) is 126 Å². The summed E-state index contributed by atoms with van der Waals surface area (Å²) in [4.78, 5) is 40.0. The van der Waals surface area contributed by atoms with Gasteiger partial charge in [0.05, 0.1) is 41.7 Å². The van der Waals surface area contributed by atoms with Crippen molar-refractivity contribution in [3.63, 3.8) is 0 Å². The molecule has 2 aliphatic heterocycles. The van der Waals surface area contributed by atoms with Crippen LogP contribution in [0.2, 0.25) is 0 Å². The number of rotatable bonds is 5. The fraction of sp³-hybridized carbons (Fsp3) is 0.231. The van der Waals surface area contributed by atoms with Gasteiger partial charge in [-0.3, -0.25) is 19.3 Å². The molecule has 2 aromatic carbocycles. The summed E-state index contributed by atoms with van der Waals surface area (Å²) in [7, 11) is 1.22. The molecule has 8 nitrogen and oxygen atoms in total. The Morgan fingerprint density at radius 3 is 2.50 bits per heavy atom. The molecule has 10 heteroatoms. The summed E-state index contributed by atoms with van der Waals surface area (Å²) in [6.07, 6.45) is -0.234. The molecular formula is C26H23FN4O4S. The molecule has 2 amide bonds. The SMILES string of the molecule is COC(=O)C[C@H]1SC2=C(C(=O)Nc3ccc(C)c(C)c3)[C@H](c3ccc(F)cc3)C(C#N)=C(N)N2C1=O. The molecule has 2 aliphatic rings. The second kappa shape index (κ2) is 9.87. The van der Waals surface area contributed by atoms with Gasteiger partial charge < -0.3 is 15.8 Å². The Morgan fingerprint density at radius 2 is 1.89 bits per heavy atom. The van der Waals surface area contributed by atoms with Gasteiger partial charge in [0.25, 0.3) is 5.91 Å². The van der Waals surface area contributed by atoms with Crippen LogP contribution in [0, 0.1) is 31.0 Å². The number of nitriles is 1. The first kappa shape index (κ1) is 25.0. The molecule has 184 valence electrons. The minimum atomic E-state index is -0.953. The van der Waals surface area contributed by atoms with Gasteiger partial charge in [-0.2, -0.15) is 5.26 Å². The number of hydrogen-bond acceptors (Lipinski definition) is 7. The Balaban J connectivity index is 1.87. The number of halogens is 1. The normalized spacial score (nSPS) is 19.2. The summed E-state index contributed by atoms with van der Waals surface area (Å²) in [5.41, 5.74) is 9.38. The van der Waals surface area contributed by atoms with Gasteiger partial charge in [0.15, 0.2) is 0 Å². The van der Waals surface area contributed by atoms with E-state index in [2.05, 4.69) is 5.32 Å². The zero-order valence-electron chi connectivity index (χ0n) is 19.8. The fourth-order valence-corrected chi connectivity index (χ4v) is 5.48. The zero-order valence-corrected chi connectivity index (χ0v) is 20.6. The molecule has 0 saturated carbocycles. The van der Waals surface area contributed by atoms with E-state index in [0.29, 0.717) is 11.3 Å². The van der Waals surface area contributed by atoms with Gasteiger partial charge in [-0.25, -0.2) is 4.39 Å². The van der Waals surface area contributed by atoms with Crippen LogP contribution in [-0.4, -0.2) is 35.0 Å². The van der Waals surface area contributed by atoms with Crippen molar-refractivity contribution in [2.75, 3.05) is 12.4 Å². The predicted octanol–water partition coefficient (Wildman–Crippen LogP) is 3.59. The molecule has 0 aliphatic carbocycles. The third kappa shape index (κ3) is 4.45. The van der Waals surface area contributed by atoms with Crippen molar-refractivity contribution >= 4 is 35.2 Å². The summed E-state index contributed by atoms with van der Waals surface area (Å²) >= 11 is 1.01. The largest absolute Gasteiger partial charge is 0.469 e. The quantitative estimate of drug-likeness (QED) is 0.594. The average Bonchev–Trinajstić information content (AvgIpc) is 3.17. The third-order valence-corrected chi connectivity index (χ3v) is 7.47. The number of hydrogen-bond donors (Lipinski definition) is 2. The Bertz CT molecular complexity index is 1380. The van der Waals surface area contributed by atoms with E-state index in [1.54, 1.807) is 6.07 Å². The van der Waals surface area contributed by atoms with Gasteiger partial charge in [-0.1, -0.05) is 30.0 Å². The molecule has 2 atom stereocenters. The molecule has 0 radical (unpaired) electrons. The number of nitrogens with one attached hydrogen (secondary N) is 1. The van der Waals surface area contributed by atoms with Gasteiger partial charge >= 0.3 is 5.97 Å². The highest BCUT2D eigenvalue weighted by Gasteiger charge is 2.48. The van der Waals surface area contributed by atoms with E-state index < -0.39 is 34.8 Å². The lowest BCUT2D eigenvalue weighted by atomic mass is 9.82. The van der Waals surface area contributed by atoms with Gasteiger partial charge in [0, 0.05) is 5.69 Å². The molecule has 1 fully saturated rings. The molecule has 0 unspecified atom stereocenters. The molecule has 0 aromatic heterocycles. The van der Waals surface area contributed by atoms with Crippen LogP contribution in [0.25, 0.3) is 0 Å². The van der Waals surface area contributed by atoms with Crippen molar-refractivity contribution in [2.45, 2.75) is 31.4 Å². The number of aryl methyl sites for hydroxylation is 2. The maximum absolute atomic E-state index is 13.8. The average molecular weight is 507 g/mol. The van der Waals surface area contributed by atoms with E-state index in [1.807, 2.05) is 32.0 Å². The second-order valence-corrected chi connectivity index (χ2v) is 9.62. The van der Waals surface area contributed by atoms with Gasteiger partial charge in [-0.15, -0.1) is 0 Å². The minimum absolute atomic E-state index is 0.0248. The lowest BCUT2D eigenvalue weighted by Gasteiger charge is -2.32. The number of anilines is 1. The number of nitrogens with zero attached hydrogens (tertiary/aromatic N) is 2. The molecule has 2 heterocycles. The lowest BCUT2D eigenvalue weighted by molar-refractivity contribution is -0.142. The monoisotopic (exact) mass is 506 g/mol. The fourth-order valence-electron chi connectivity index (χ4n) is 4.15. The first-order chi connectivity index (χ1) is 17.2. The van der Waals surface area contributed by atoms with Crippen molar-refractivity contribution in [3.8, 4) is 6.07 Å². The highest BCUT2D eigenvalue weighted by atomic mass is 32.2. The Hall–Kier alpha value is -4.10. The van der Waals surface area contributed by atoms with Crippen LogP contribution in [0.4, 0.5) is 10.1 Å². The number of allylic oxidation sites excluding steroid dienone is 1. The smallest absolute Gasteiger partial charge is 0.307 e. The van der Waals surface area contributed by atoms with Gasteiger partial charge in [0.2, 0.25) is 5.91 Å². The van der Waals surface area contributed by atoms with E-state index in [9.17, 15) is 24.0 Å². The number of carbonyl (C=O) groups excluding carboxylic acids is 3. The number of fused-ring (bicyclic) bond motifs is 1. The molecule has 4 rings (SSSR count). The maximum Gasteiger partial charge on any atom is 0.307 e. The number of thioether (sulfide) groups is 1. The van der Waals surface area contributed by atoms with E-state index in [-0.39, 0.29) is 28.4 Å². The van der Waals surface area contributed by atoms with E-state index in [1.165, 1.54) is 31.4 Å². The van der Waals surface area contributed by atoms with Gasteiger partial charge in [-0.05, 0) is 54.8 Å². The first-order valence-corrected chi connectivity index (χ1v) is 11.9. The van der Waals surface area contributed by atoms with Crippen LogP contribution in [0.15, 0.2) is 64.5 Å². The van der Waals surface area contributed by atoms with Crippen molar-refractivity contribution < 1.29 is 23.5 Å². The van der Waals surface area contributed by atoms with Crippen LogP contribution < -0.4 is 11.1 Å². The lowest BCUT2D eigenvalue weighted by Crippen LogP contribution is -2.39. The number of esters is 1. The van der Waals surface area contributed by atoms with Crippen molar-refractivity contribution in [3.05, 3.63) is 87.0 Å². The van der Waals surface area contributed by atoms with Crippen LogP contribution in [0.3, 0.4) is 0 Å². The maximum atomic E-state index is 13.8. The minimum Gasteiger partial charge on any atom is -0.469 e. The Morgan fingerprint density at radius 1 is 1.19 bits per heavy atom. The van der Waals surface area contributed by atoms with E-state index >= 15 is 0 Å². The molecule has 36 heavy (non-hydrogen) atoms. The van der Waals surface area contributed by atoms with Crippen LogP contribution in [-0.2, 0) is 19.1 Å².